The van der Waals surface area contributed by atoms with Crippen molar-refractivity contribution in [3.63, 3.8) is 0 Å². The number of furan rings is 1. The van der Waals surface area contributed by atoms with Gasteiger partial charge in [-0.15, -0.1) is 0 Å². The molecule has 17 heavy (non-hydrogen) atoms. The van der Waals surface area contributed by atoms with Crippen molar-refractivity contribution in [1.29, 1.82) is 0 Å². The predicted octanol–water partition coefficient (Wildman–Crippen LogP) is 1.45. The SMILES string of the molecule is CN(C)CCCNC(=O)C1CC1c1ccco1. The Hall–Kier alpha value is -1.29. The summed E-state index contributed by atoms with van der Waals surface area (Å²) in [6.45, 7) is 1.77. The molecule has 0 saturated heterocycles. The van der Waals surface area contributed by atoms with E-state index < -0.39 is 0 Å². The van der Waals surface area contributed by atoms with Gasteiger partial charge in [-0.2, -0.15) is 0 Å². The maximum Gasteiger partial charge on any atom is 0.223 e. The van der Waals surface area contributed by atoms with Crippen molar-refractivity contribution in [1.82, 2.24) is 10.2 Å². The van der Waals surface area contributed by atoms with Gasteiger partial charge in [0.2, 0.25) is 5.91 Å². The van der Waals surface area contributed by atoms with Gasteiger partial charge in [-0.3, -0.25) is 4.79 Å². The summed E-state index contributed by atoms with van der Waals surface area (Å²) in [4.78, 5) is 13.9. The molecule has 0 radical (unpaired) electrons. The maximum absolute atomic E-state index is 11.8. The summed E-state index contributed by atoms with van der Waals surface area (Å²) in [5.41, 5.74) is 0. The van der Waals surface area contributed by atoms with Crippen LogP contribution >= 0.6 is 0 Å². The molecule has 0 aromatic carbocycles. The van der Waals surface area contributed by atoms with Gasteiger partial charge in [-0.25, -0.2) is 0 Å². The largest absolute Gasteiger partial charge is 0.469 e. The second-order valence-corrected chi connectivity index (χ2v) is 4.91. The first-order chi connectivity index (χ1) is 8.18. The molecule has 4 nitrogen and oxygen atoms in total. The van der Waals surface area contributed by atoms with E-state index in [1.807, 2.05) is 26.2 Å². The molecule has 1 aliphatic carbocycles. The Labute approximate surface area is 102 Å². The second kappa shape index (κ2) is 5.36. The number of carbonyl (C=O) groups is 1. The third-order valence-corrected chi connectivity index (χ3v) is 3.12. The highest BCUT2D eigenvalue weighted by Crippen LogP contribution is 2.47. The summed E-state index contributed by atoms with van der Waals surface area (Å²) in [7, 11) is 4.07. The molecule has 2 rings (SSSR count). The van der Waals surface area contributed by atoms with Crippen molar-refractivity contribution < 1.29 is 9.21 Å². The van der Waals surface area contributed by atoms with Crippen LogP contribution < -0.4 is 5.32 Å². The van der Waals surface area contributed by atoms with Gasteiger partial charge in [0, 0.05) is 18.4 Å². The number of hydrogen-bond donors (Lipinski definition) is 1. The summed E-state index contributed by atoms with van der Waals surface area (Å²) in [5.74, 6) is 1.54. The second-order valence-electron chi connectivity index (χ2n) is 4.91. The molecule has 1 aromatic heterocycles. The van der Waals surface area contributed by atoms with Crippen molar-refractivity contribution in [3.8, 4) is 0 Å². The Morgan fingerprint density at radius 1 is 1.59 bits per heavy atom. The Balaban J connectivity index is 1.66. The molecular weight excluding hydrogens is 216 g/mol. The van der Waals surface area contributed by atoms with Crippen LogP contribution in [0.3, 0.4) is 0 Å². The maximum atomic E-state index is 11.8. The van der Waals surface area contributed by atoms with Crippen LogP contribution in [-0.4, -0.2) is 38.0 Å². The fourth-order valence-electron chi connectivity index (χ4n) is 2.04. The minimum atomic E-state index is 0.125. The van der Waals surface area contributed by atoms with Crippen LogP contribution in [0.2, 0.25) is 0 Å². The zero-order valence-electron chi connectivity index (χ0n) is 10.5. The molecule has 2 atom stereocenters. The molecule has 1 saturated carbocycles. The van der Waals surface area contributed by atoms with E-state index in [-0.39, 0.29) is 11.8 Å². The highest BCUT2D eigenvalue weighted by molar-refractivity contribution is 5.82. The van der Waals surface area contributed by atoms with Crippen LogP contribution in [0.15, 0.2) is 22.8 Å². The van der Waals surface area contributed by atoms with Gasteiger partial charge in [0.25, 0.3) is 0 Å². The van der Waals surface area contributed by atoms with Gasteiger partial charge in [0.1, 0.15) is 5.76 Å². The number of carbonyl (C=O) groups excluding carboxylic acids is 1. The lowest BCUT2D eigenvalue weighted by atomic mass is 10.2. The van der Waals surface area contributed by atoms with Crippen LogP contribution in [0, 0.1) is 5.92 Å². The standard InChI is InChI=1S/C13H20N2O2/c1-15(2)7-4-6-14-13(16)11-9-10(11)12-5-3-8-17-12/h3,5,8,10-11H,4,6-7,9H2,1-2H3,(H,14,16). The summed E-state index contributed by atoms with van der Waals surface area (Å²) >= 11 is 0. The number of nitrogens with one attached hydrogen (secondary N) is 1. The smallest absolute Gasteiger partial charge is 0.223 e. The van der Waals surface area contributed by atoms with Crippen LogP contribution in [-0.2, 0) is 4.79 Å². The first-order valence-corrected chi connectivity index (χ1v) is 6.14. The minimum Gasteiger partial charge on any atom is -0.469 e. The number of amides is 1. The lowest BCUT2D eigenvalue weighted by molar-refractivity contribution is -0.122. The van der Waals surface area contributed by atoms with Crippen LogP contribution in [0.1, 0.15) is 24.5 Å². The summed E-state index contributed by atoms with van der Waals surface area (Å²) < 4.78 is 5.31. The molecule has 0 bridgehead atoms. The molecule has 94 valence electrons. The average molecular weight is 236 g/mol. The van der Waals surface area contributed by atoms with Crippen molar-refractivity contribution in [2.24, 2.45) is 5.92 Å². The summed E-state index contributed by atoms with van der Waals surface area (Å²) in [6.07, 6.45) is 3.59. The van der Waals surface area contributed by atoms with E-state index in [0.29, 0.717) is 5.92 Å². The van der Waals surface area contributed by atoms with Crippen molar-refractivity contribution in [3.05, 3.63) is 24.2 Å². The first kappa shape index (κ1) is 12.2. The normalized spacial score (nSPS) is 22.8. The van der Waals surface area contributed by atoms with E-state index in [9.17, 15) is 4.79 Å². The Kier molecular flexibility index (Phi) is 3.84. The Morgan fingerprint density at radius 2 is 2.41 bits per heavy atom. The molecule has 1 N–H and O–H groups in total. The van der Waals surface area contributed by atoms with Gasteiger partial charge < -0.3 is 14.6 Å². The van der Waals surface area contributed by atoms with E-state index in [0.717, 1.165) is 31.7 Å². The van der Waals surface area contributed by atoms with Gasteiger partial charge in [0.15, 0.2) is 0 Å². The van der Waals surface area contributed by atoms with E-state index in [4.69, 9.17) is 4.42 Å². The zero-order valence-corrected chi connectivity index (χ0v) is 10.5. The molecule has 1 aliphatic rings. The number of rotatable bonds is 6. The van der Waals surface area contributed by atoms with E-state index in [1.54, 1.807) is 6.26 Å². The van der Waals surface area contributed by atoms with Crippen LogP contribution in [0.25, 0.3) is 0 Å². The number of nitrogens with zero attached hydrogens (tertiary/aromatic N) is 1. The van der Waals surface area contributed by atoms with E-state index in [2.05, 4.69) is 10.2 Å². The van der Waals surface area contributed by atoms with Crippen molar-refractivity contribution in [2.45, 2.75) is 18.8 Å². The molecule has 2 unspecified atom stereocenters. The summed E-state index contributed by atoms with van der Waals surface area (Å²) in [5, 5.41) is 2.98. The topological polar surface area (TPSA) is 45.5 Å². The van der Waals surface area contributed by atoms with E-state index in [1.165, 1.54) is 0 Å². The van der Waals surface area contributed by atoms with Gasteiger partial charge in [-0.1, -0.05) is 0 Å². The minimum absolute atomic E-state index is 0.125. The number of hydrogen-bond acceptors (Lipinski definition) is 3. The van der Waals surface area contributed by atoms with Crippen molar-refractivity contribution >= 4 is 5.91 Å². The molecule has 1 aromatic rings. The monoisotopic (exact) mass is 236 g/mol. The Bertz CT molecular complexity index is 360. The quantitative estimate of drug-likeness (QED) is 0.760. The molecule has 4 heteroatoms. The summed E-state index contributed by atoms with van der Waals surface area (Å²) in [6, 6.07) is 3.82. The van der Waals surface area contributed by atoms with Crippen LogP contribution in [0.5, 0.6) is 0 Å². The predicted molar refractivity (Wildman–Crippen MR) is 65.7 cm³/mol. The van der Waals surface area contributed by atoms with Crippen LogP contribution in [0.4, 0.5) is 0 Å². The average Bonchev–Trinajstić information content (AvgIpc) is 2.91. The van der Waals surface area contributed by atoms with Gasteiger partial charge >= 0.3 is 0 Å². The molecular formula is C13H20N2O2. The molecule has 0 spiro atoms. The molecule has 1 heterocycles. The van der Waals surface area contributed by atoms with Crippen molar-refractivity contribution in [2.75, 3.05) is 27.2 Å². The highest BCUT2D eigenvalue weighted by Gasteiger charge is 2.45. The molecule has 1 amide bonds. The molecule has 1 fully saturated rings. The molecule has 0 aliphatic heterocycles. The first-order valence-electron chi connectivity index (χ1n) is 6.14. The zero-order chi connectivity index (χ0) is 12.3. The lowest BCUT2D eigenvalue weighted by Crippen LogP contribution is -2.28. The third-order valence-electron chi connectivity index (χ3n) is 3.12. The lowest BCUT2D eigenvalue weighted by Gasteiger charge is -2.09. The fourth-order valence-corrected chi connectivity index (χ4v) is 2.04. The third kappa shape index (κ3) is 3.33. The van der Waals surface area contributed by atoms with E-state index >= 15 is 0 Å². The Morgan fingerprint density at radius 3 is 3.06 bits per heavy atom. The van der Waals surface area contributed by atoms with Gasteiger partial charge in [-0.05, 0) is 45.6 Å². The fraction of sp³-hybridized carbons (Fsp3) is 0.615. The van der Waals surface area contributed by atoms with Gasteiger partial charge in [0.05, 0.1) is 6.26 Å². The highest BCUT2D eigenvalue weighted by atomic mass is 16.3.